The Labute approximate surface area is 109 Å². The van der Waals surface area contributed by atoms with Crippen molar-refractivity contribution in [3.8, 4) is 0 Å². The third-order valence-electron chi connectivity index (χ3n) is 5.20. The lowest BCUT2D eigenvalue weighted by Crippen LogP contribution is -2.50. The molecule has 1 aliphatic heterocycles. The van der Waals surface area contributed by atoms with E-state index in [0.29, 0.717) is 12.6 Å². The minimum absolute atomic E-state index is 0.215. The van der Waals surface area contributed by atoms with Crippen LogP contribution in [-0.2, 0) is 9.53 Å². The quantitative estimate of drug-likeness (QED) is 0.782. The molecular formula is C14H24N2O2. The molecule has 0 aromatic carbocycles. The van der Waals surface area contributed by atoms with Gasteiger partial charge in [0.05, 0.1) is 12.0 Å². The van der Waals surface area contributed by atoms with Gasteiger partial charge in [-0.3, -0.25) is 4.79 Å². The van der Waals surface area contributed by atoms with Crippen LogP contribution in [0.3, 0.4) is 0 Å². The second kappa shape index (κ2) is 4.82. The van der Waals surface area contributed by atoms with Gasteiger partial charge in [0.15, 0.2) is 0 Å². The van der Waals surface area contributed by atoms with E-state index in [1.54, 1.807) is 7.11 Å². The van der Waals surface area contributed by atoms with E-state index in [1.807, 2.05) is 0 Å². The lowest BCUT2D eigenvalue weighted by atomic mass is 9.85. The number of carbonyl (C=O) groups is 1. The zero-order valence-corrected chi connectivity index (χ0v) is 11.2. The summed E-state index contributed by atoms with van der Waals surface area (Å²) in [5, 5.41) is 6.62. The Bertz CT molecular complexity index is 326. The van der Waals surface area contributed by atoms with Crippen LogP contribution in [0.25, 0.3) is 0 Å². The van der Waals surface area contributed by atoms with Gasteiger partial charge in [0.2, 0.25) is 5.91 Å². The monoisotopic (exact) mass is 252 g/mol. The van der Waals surface area contributed by atoms with E-state index in [1.165, 1.54) is 25.7 Å². The standard InChI is InChI=1S/C14H24N2O2/c1-18-9-14(4-5-15-8-14)13(17)16-12-7-10-2-3-11(12)6-10/h10-12,15H,2-9H2,1H3,(H,16,17). The van der Waals surface area contributed by atoms with Crippen LogP contribution >= 0.6 is 0 Å². The maximum atomic E-state index is 12.6. The molecular weight excluding hydrogens is 228 g/mol. The number of rotatable bonds is 4. The SMILES string of the molecule is COCC1(C(=O)NC2CC3CCC2C3)CCNC1. The molecule has 0 spiro atoms. The highest BCUT2D eigenvalue weighted by Gasteiger charge is 2.45. The number of ether oxygens (including phenoxy) is 1. The van der Waals surface area contributed by atoms with E-state index in [4.69, 9.17) is 4.74 Å². The zero-order valence-electron chi connectivity index (χ0n) is 11.2. The lowest BCUT2D eigenvalue weighted by Gasteiger charge is -2.30. The molecule has 102 valence electrons. The Kier molecular flexibility index (Phi) is 3.32. The van der Waals surface area contributed by atoms with Crippen molar-refractivity contribution >= 4 is 5.91 Å². The summed E-state index contributed by atoms with van der Waals surface area (Å²) in [5.74, 6) is 1.83. The average molecular weight is 252 g/mol. The number of methoxy groups -OCH3 is 1. The Morgan fingerprint density at radius 3 is 2.89 bits per heavy atom. The van der Waals surface area contributed by atoms with Crippen molar-refractivity contribution in [3.05, 3.63) is 0 Å². The molecule has 3 rings (SSSR count). The minimum atomic E-state index is -0.323. The minimum Gasteiger partial charge on any atom is -0.384 e. The van der Waals surface area contributed by atoms with E-state index in [2.05, 4.69) is 10.6 Å². The third kappa shape index (κ3) is 2.05. The van der Waals surface area contributed by atoms with Crippen molar-refractivity contribution in [2.75, 3.05) is 26.8 Å². The van der Waals surface area contributed by atoms with Gasteiger partial charge >= 0.3 is 0 Å². The average Bonchev–Trinajstić information content (AvgIpc) is 3.04. The van der Waals surface area contributed by atoms with Crippen molar-refractivity contribution in [1.29, 1.82) is 0 Å². The molecule has 4 atom stereocenters. The summed E-state index contributed by atoms with van der Waals surface area (Å²) in [6.45, 7) is 2.22. The Balaban J connectivity index is 1.63. The van der Waals surface area contributed by atoms with E-state index in [9.17, 15) is 4.79 Å². The molecule has 3 fully saturated rings. The number of fused-ring (bicyclic) bond motifs is 2. The van der Waals surface area contributed by atoms with Crippen molar-refractivity contribution in [3.63, 3.8) is 0 Å². The van der Waals surface area contributed by atoms with Crippen LogP contribution in [0.2, 0.25) is 0 Å². The summed E-state index contributed by atoms with van der Waals surface area (Å²) in [5.41, 5.74) is -0.323. The van der Waals surface area contributed by atoms with Crippen LogP contribution < -0.4 is 10.6 Å². The molecule has 4 nitrogen and oxygen atoms in total. The molecule has 3 aliphatic rings. The Morgan fingerprint density at radius 2 is 2.33 bits per heavy atom. The van der Waals surface area contributed by atoms with Crippen molar-refractivity contribution in [2.24, 2.45) is 17.3 Å². The second-order valence-corrected chi connectivity index (χ2v) is 6.39. The predicted molar refractivity (Wildman–Crippen MR) is 69.2 cm³/mol. The molecule has 2 N–H and O–H groups in total. The summed E-state index contributed by atoms with van der Waals surface area (Å²) in [6, 6.07) is 0.436. The van der Waals surface area contributed by atoms with Crippen molar-refractivity contribution in [2.45, 2.75) is 38.1 Å². The van der Waals surface area contributed by atoms with Gasteiger partial charge < -0.3 is 15.4 Å². The Hall–Kier alpha value is -0.610. The van der Waals surface area contributed by atoms with Crippen LogP contribution in [0.5, 0.6) is 0 Å². The number of hydrogen-bond donors (Lipinski definition) is 2. The first-order chi connectivity index (χ1) is 8.73. The van der Waals surface area contributed by atoms with E-state index in [0.717, 1.165) is 31.3 Å². The highest BCUT2D eigenvalue weighted by Crippen LogP contribution is 2.44. The van der Waals surface area contributed by atoms with Gasteiger partial charge in [-0.1, -0.05) is 6.42 Å². The smallest absolute Gasteiger partial charge is 0.230 e. The number of hydrogen-bond acceptors (Lipinski definition) is 3. The Morgan fingerprint density at radius 1 is 1.44 bits per heavy atom. The van der Waals surface area contributed by atoms with E-state index >= 15 is 0 Å². The fraction of sp³-hybridized carbons (Fsp3) is 0.929. The van der Waals surface area contributed by atoms with Crippen LogP contribution in [0.4, 0.5) is 0 Å². The molecule has 1 saturated heterocycles. The summed E-state index contributed by atoms with van der Waals surface area (Å²) >= 11 is 0. The summed E-state index contributed by atoms with van der Waals surface area (Å²) in [7, 11) is 1.69. The molecule has 1 amide bonds. The van der Waals surface area contributed by atoms with Gasteiger partial charge in [-0.2, -0.15) is 0 Å². The number of carbonyl (C=O) groups excluding carboxylic acids is 1. The van der Waals surface area contributed by atoms with E-state index in [-0.39, 0.29) is 11.3 Å². The van der Waals surface area contributed by atoms with E-state index < -0.39 is 0 Å². The highest BCUT2D eigenvalue weighted by molar-refractivity contribution is 5.83. The fourth-order valence-corrected chi connectivity index (χ4v) is 4.15. The molecule has 2 aliphatic carbocycles. The van der Waals surface area contributed by atoms with Crippen molar-refractivity contribution in [1.82, 2.24) is 10.6 Å². The fourth-order valence-electron chi connectivity index (χ4n) is 4.15. The highest BCUT2D eigenvalue weighted by atomic mass is 16.5. The first kappa shape index (κ1) is 12.4. The normalized spacial score (nSPS) is 42.4. The molecule has 1 heterocycles. The molecule has 0 aromatic heterocycles. The molecule has 4 heteroatoms. The number of amides is 1. The third-order valence-corrected chi connectivity index (χ3v) is 5.20. The van der Waals surface area contributed by atoms with Gasteiger partial charge in [-0.25, -0.2) is 0 Å². The first-order valence-corrected chi connectivity index (χ1v) is 7.24. The molecule has 2 bridgehead atoms. The van der Waals surface area contributed by atoms with Crippen LogP contribution in [-0.4, -0.2) is 38.8 Å². The maximum absolute atomic E-state index is 12.6. The molecule has 2 saturated carbocycles. The van der Waals surface area contributed by atoms with Gasteiger partial charge in [0.25, 0.3) is 0 Å². The lowest BCUT2D eigenvalue weighted by molar-refractivity contribution is -0.134. The molecule has 0 aromatic rings. The van der Waals surface area contributed by atoms with Gasteiger partial charge in [0.1, 0.15) is 0 Å². The summed E-state index contributed by atoms with van der Waals surface area (Å²) in [4.78, 5) is 12.6. The topological polar surface area (TPSA) is 50.4 Å². The van der Waals surface area contributed by atoms with Crippen LogP contribution in [0.1, 0.15) is 32.1 Å². The number of nitrogens with one attached hydrogen (secondary N) is 2. The first-order valence-electron chi connectivity index (χ1n) is 7.24. The molecule has 0 radical (unpaired) electrons. The zero-order chi connectivity index (χ0) is 12.6. The van der Waals surface area contributed by atoms with Gasteiger partial charge in [0, 0.05) is 19.7 Å². The van der Waals surface area contributed by atoms with Crippen LogP contribution in [0, 0.1) is 17.3 Å². The summed E-state index contributed by atoms with van der Waals surface area (Å²) in [6.07, 6.45) is 6.12. The predicted octanol–water partition coefficient (Wildman–Crippen LogP) is 0.917. The largest absolute Gasteiger partial charge is 0.384 e. The molecule has 4 unspecified atom stereocenters. The maximum Gasteiger partial charge on any atom is 0.230 e. The molecule has 18 heavy (non-hydrogen) atoms. The van der Waals surface area contributed by atoms with Gasteiger partial charge in [-0.05, 0) is 44.1 Å². The van der Waals surface area contributed by atoms with Crippen LogP contribution in [0.15, 0.2) is 0 Å². The van der Waals surface area contributed by atoms with Crippen molar-refractivity contribution < 1.29 is 9.53 Å². The second-order valence-electron chi connectivity index (χ2n) is 6.39. The van der Waals surface area contributed by atoms with Gasteiger partial charge in [-0.15, -0.1) is 0 Å². The summed E-state index contributed by atoms with van der Waals surface area (Å²) < 4.78 is 5.28.